The lowest BCUT2D eigenvalue weighted by Crippen LogP contribution is -2.20. The van der Waals surface area contributed by atoms with E-state index in [1.165, 1.54) is 0 Å². The number of nitrogens with one attached hydrogen (secondary N) is 1. The molecule has 3 aromatic rings. The van der Waals surface area contributed by atoms with Crippen LogP contribution >= 0.6 is 0 Å². The summed E-state index contributed by atoms with van der Waals surface area (Å²) in [5, 5.41) is 4.19. The number of hydrogen-bond acceptors (Lipinski definition) is 3. The van der Waals surface area contributed by atoms with E-state index in [1.807, 2.05) is 73.7 Å². The summed E-state index contributed by atoms with van der Waals surface area (Å²) in [4.78, 5) is 12.5. The lowest BCUT2D eigenvalue weighted by atomic mass is 10.1. The number of amides is 1. The minimum atomic E-state index is -0.302. The monoisotopic (exact) mass is 344 g/mol. The fourth-order valence-electron chi connectivity index (χ4n) is 2.45. The SMILES string of the molecule is C/C(=N\NC(=O)c1ccccc1OCc1ccccc1)c1ccccc1. The van der Waals surface area contributed by atoms with Gasteiger partial charge < -0.3 is 4.74 Å². The van der Waals surface area contributed by atoms with E-state index in [0.29, 0.717) is 17.9 Å². The molecule has 4 nitrogen and oxygen atoms in total. The Labute approximate surface area is 153 Å². The van der Waals surface area contributed by atoms with Crippen molar-refractivity contribution in [2.24, 2.45) is 5.10 Å². The van der Waals surface area contributed by atoms with Crippen LogP contribution in [0.2, 0.25) is 0 Å². The second kappa shape index (κ2) is 8.62. The minimum absolute atomic E-state index is 0.302. The molecule has 0 aliphatic rings. The molecule has 0 saturated carbocycles. The Morgan fingerprint density at radius 2 is 1.50 bits per heavy atom. The quantitative estimate of drug-likeness (QED) is 0.531. The molecular formula is C22H20N2O2. The zero-order valence-electron chi connectivity index (χ0n) is 14.6. The first-order valence-electron chi connectivity index (χ1n) is 8.40. The van der Waals surface area contributed by atoms with Crippen molar-refractivity contribution in [2.45, 2.75) is 13.5 Å². The predicted octanol–water partition coefficient (Wildman–Crippen LogP) is 4.42. The van der Waals surface area contributed by atoms with E-state index < -0.39 is 0 Å². The Bertz CT molecular complexity index is 890. The van der Waals surface area contributed by atoms with Crippen LogP contribution in [0.4, 0.5) is 0 Å². The van der Waals surface area contributed by atoms with Crippen LogP contribution in [0.15, 0.2) is 90.0 Å². The predicted molar refractivity (Wildman–Crippen MR) is 103 cm³/mol. The molecule has 0 aromatic heterocycles. The second-order valence-corrected chi connectivity index (χ2v) is 5.77. The number of nitrogens with zero attached hydrogens (tertiary/aromatic N) is 1. The number of hydrogen-bond donors (Lipinski definition) is 1. The van der Waals surface area contributed by atoms with Crippen LogP contribution in [0, 0.1) is 0 Å². The van der Waals surface area contributed by atoms with E-state index in [1.54, 1.807) is 18.2 Å². The Balaban J connectivity index is 1.69. The summed E-state index contributed by atoms with van der Waals surface area (Å²) >= 11 is 0. The van der Waals surface area contributed by atoms with Crippen molar-refractivity contribution in [1.29, 1.82) is 0 Å². The minimum Gasteiger partial charge on any atom is -0.488 e. The van der Waals surface area contributed by atoms with Gasteiger partial charge >= 0.3 is 0 Å². The standard InChI is InChI=1S/C22H20N2O2/c1-17(19-12-6-3-7-13-19)23-24-22(25)20-14-8-9-15-21(20)26-16-18-10-4-2-5-11-18/h2-15H,16H2,1H3,(H,24,25)/b23-17+. The maximum Gasteiger partial charge on any atom is 0.275 e. The number of rotatable bonds is 6. The third-order valence-electron chi connectivity index (χ3n) is 3.89. The third kappa shape index (κ3) is 4.57. The highest BCUT2D eigenvalue weighted by atomic mass is 16.5. The molecule has 3 rings (SSSR count). The van der Waals surface area contributed by atoms with Crippen LogP contribution in [0.5, 0.6) is 5.75 Å². The summed E-state index contributed by atoms with van der Waals surface area (Å²) in [5.41, 5.74) is 5.80. The first-order chi connectivity index (χ1) is 12.7. The van der Waals surface area contributed by atoms with Crippen molar-refractivity contribution in [3.05, 3.63) is 102 Å². The second-order valence-electron chi connectivity index (χ2n) is 5.77. The van der Waals surface area contributed by atoms with Crippen molar-refractivity contribution >= 4 is 11.6 Å². The summed E-state index contributed by atoms with van der Waals surface area (Å²) in [6.45, 7) is 2.25. The molecule has 0 fully saturated rings. The van der Waals surface area contributed by atoms with Crippen LogP contribution in [-0.4, -0.2) is 11.6 Å². The molecule has 0 aliphatic heterocycles. The first-order valence-corrected chi connectivity index (χ1v) is 8.40. The summed E-state index contributed by atoms with van der Waals surface area (Å²) in [5.74, 6) is 0.227. The molecule has 0 atom stereocenters. The van der Waals surface area contributed by atoms with Gasteiger partial charge in [-0.15, -0.1) is 0 Å². The summed E-state index contributed by atoms with van der Waals surface area (Å²) in [6.07, 6.45) is 0. The summed E-state index contributed by atoms with van der Waals surface area (Å²) in [7, 11) is 0. The zero-order valence-corrected chi connectivity index (χ0v) is 14.6. The number of para-hydroxylation sites is 1. The van der Waals surface area contributed by atoms with Gasteiger partial charge in [-0.2, -0.15) is 5.10 Å². The molecule has 0 saturated heterocycles. The lowest BCUT2D eigenvalue weighted by molar-refractivity contribution is 0.0950. The van der Waals surface area contributed by atoms with Crippen LogP contribution < -0.4 is 10.2 Å². The fraction of sp³-hybridized carbons (Fsp3) is 0.0909. The normalized spacial score (nSPS) is 11.0. The number of benzene rings is 3. The Hall–Kier alpha value is -3.40. The topological polar surface area (TPSA) is 50.7 Å². The maximum absolute atomic E-state index is 12.5. The van der Waals surface area contributed by atoms with Gasteiger partial charge in [-0.05, 0) is 30.2 Å². The van der Waals surface area contributed by atoms with E-state index in [4.69, 9.17) is 4.74 Å². The van der Waals surface area contributed by atoms with Gasteiger partial charge in [-0.25, -0.2) is 5.43 Å². The average molecular weight is 344 g/mol. The molecule has 0 heterocycles. The molecule has 4 heteroatoms. The Morgan fingerprint density at radius 1 is 0.885 bits per heavy atom. The van der Waals surface area contributed by atoms with Gasteiger partial charge in [-0.1, -0.05) is 72.8 Å². The van der Waals surface area contributed by atoms with Gasteiger partial charge in [0.05, 0.1) is 11.3 Å². The van der Waals surface area contributed by atoms with Crippen LogP contribution in [0.3, 0.4) is 0 Å². The Kier molecular flexibility index (Phi) is 5.78. The van der Waals surface area contributed by atoms with Gasteiger partial charge in [-0.3, -0.25) is 4.79 Å². The molecule has 0 aliphatic carbocycles. The van der Waals surface area contributed by atoms with Crippen molar-refractivity contribution in [3.8, 4) is 5.75 Å². The molecule has 0 bridgehead atoms. The third-order valence-corrected chi connectivity index (χ3v) is 3.89. The van der Waals surface area contributed by atoms with Crippen LogP contribution in [0.25, 0.3) is 0 Å². The van der Waals surface area contributed by atoms with Gasteiger partial charge in [0, 0.05) is 0 Å². The zero-order chi connectivity index (χ0) is 18.2. The smallest absolute Gasteiger partial charge is 0.275 e. The van der Waals surface area contributed by atoms with Crippen LogP contribution in [-0.2, 0) is 6.61 Å². The van der Waals surface area contributed by atoms with Crippen molar-refractivity contribution in [2.75, 3.05) is 0 Å². The fourth-order valence-corrected chi connectivity index (χ4v) is 2.45. The molecule has 0 radical (unpaired) electrons. The number of hydrazone groups is 1. The number of carbonyl (C=O) groups excluding carboxylic acids is 1. The summed E-state index contributed by atoms with van der Waals surface area (Å²) in [6, 6.07) is 26.7. The molecule has 0 spiro atoms. The summed E-state index contributed by atoms with van der Waals surface area (Å²) < 4.78 is 5.83. The van der Waals surface area contributed by atoms with Gasteiger partial charge in [0.1, 0.15) is 12.4 Å². The first kappa shape index (κ1) is 17.4. The highest BCUT2D eigenvalue weighted by Gasteiger charge is 2.12. The van der Waals surface area contributed by atoms with Crippen LogP contribution in [0.1, 0.15) is 28.4 Å². The van der Waals surface area contributed by atoms with E-state index in [2.05, 4.69) is 10.5 Å². The number of carbonyl (C=O) groups is 1. The van der Waals surface area contributed by atoms with Gasteiger partial charge in [0.15, 0.2) is 0 Å². The molecule has 1 amide bonds. The van der Waals surface area contributed by atoms with Crippen molar-refractivity contribution < 1.29 is 9.53 Å². The lowest BCUT2D eigenvalue weighted by Gasteiger charge is -2.11. The molecule has 1 N–H and O–H groups in total. The highest BCUT2D eigenvalue weighted by Crippen LogP contribution is 2.19. The molecule has 3 aromatic carbocycles. The Morgan fingerprint density at radius 3 is 2.23 bits per heavy atom. The van der Waals surface area contributed by atoms with Crippen molar-refractivity contribution in [3.63, 3.8) is 0 Å². The van der Waals surface area contributed by atoms with Crippen molar-refractivity contribution in [1.82, 2.24) is 5.43 Å². The largest absolute Gasteiger partial charge is 0.488 e. The maximum atomic E-state index is 12.5. The average Bonchev–Trinajstić information content (AvgIpc) is 2.72. The van der Waals surface area contributed by atoms with Gasteiger partial charge in [0.25, 0.3) is 5.91 Å². The van der Waals surface area contributed by atoms with E-state index in [0.717, 1.165) is 16.8 Å². The molecule has 0 unspecified atom stereocenters. The van der Waals surface area contributed by atoms with E-state index in [9.17, 15) is 4.79 Å². The molecule has 26 heavy (non-hydrogen) atoms. The van der Waals surface area contributed by atoms with Gasteiger partial charge in [0.2, 0.25) is 0 Å². The van der Waals surface area contributed by atoms with E-state index in [-0.39, 0.29) is 5.91 Å². The number of ether oxygens (including phenoxy) is 1. The van der Waals surface area contributed by atoms with E-state index >= 15 is 0 Å². The molecule has 130 valence electrons. The molecular weight excluding hydrogens is 324 g/mol. The highest BCUT2D eigenvalue weighted by molar-refractivity contribution is 6.01.